The fourth-order valence-corrected chi connectivity index (χ4v) is 1.36. The molecule has 2 N–H and O–H groups in total. The third-order valence-electron chi connectivity index (χ3n) is 2.14. The minimum absolute atomic E-state index is 0.169. The van der Waals surface area contributed by atoms with Gasteiger partial charge in [0.25, 0.3) is 0 Å². The molecular weight excluding hydrogens is 196 g/mol. The Labute approximate surface area is 98.4 Å². The van der Waals surface area contributed by atoms with Gasteiger partial charge in [-0.3, -0.25) is 0 Å². The van der Waals surface area contributed by atoms with Gasteiger partial charge in [-0.1, -0.05) is 12.0 Å². The highest BCUT2D eigenvalue weighted by atomic mass is 15.0. The van der Waals surface area contributed by atoms with Crippen LogP contribution in [0.5, 0.6) is 0 Å². The normalized spacial score (nSPS) is 10.9. The SMILES string of the molecule is C#Cc1cccc(NCCNC(C)(C)C)c1. The highest BCUT2D eigenvalue weighted by Crippen LogP contribution is 2.08. The van der Waals surface area contributed by atoms with Crippen molar-refractivity contribution in [2.24, 2.45) is 0 Å². The molecule has 0 radical (unpaired) electrons. The van der Waals surface area contributed by atoms with Crippen LogP contribution < -0.4 is 10.6 Å². The van der Waals surface area contributed by atoms with Gasteiger partial charge in [-0.2, -0.15) is 0 Å². The number of rotatable bonds is 4. The molecule has 0 aliphatic carbocycles. The molecule has 0 spiro atoms. The lowest BCUT2D eigenvalue weighted by Crippen LogP contribution is -2.38. The van der Waals surface area contributed by atoms with Gasteiger partial charge in [0.05, 0.1) is 0 Å². The van der Waals surface area contributed by atoms with Crippen LogP contribution in [0.1, 0.15) is 26.3 Å². The standard InChI is InChI=1S/C14H20N2/c1-5-12-7-6-8-13(11-12)15-9-10-16-14(2,3)4/h1,6-8,11,15-16H,9-10H2,2-4H3. The fraction of sp³-hybridized carbons (Fsp3) is 0.429. The van der Waals surface area contributed by atoms with Crippen LogP contribution in [0.4, 0.5) is 5.69 Å². The van der Waals surface area contributed by atoms with Gasteiger partial charge in [-0.25, -0.2) is 0 Å². The largest absolute Gasteiger partial charge is 0.384 e. The first-order chi connectivity index (χ1) is 7.51. The van der Waals surface area contributed by atoms with E-state index in [1.807, 2.05) is 24.3 Å². The van der Waals surface area contributed by atoms with Crippen molar-refractivity contribution in [1.82, 2.24) is 5.32 Å². The summed E-state index contributed by atoms with van der Waals surface area (Å²) in [5.74, 6) is 2.63. The quantitative estimate of drug-likeness (QED) is 0.597. The van der Waals surface area contributed by atoms with E-state index >= 15 is 0 Å². The molecule has 0 bridgehead atoms. The van der Waals surface area contributed by atoms with Crippen molar-refractivity contribution in [3.05, 3.63) is 29.8 Å². The molecule has 0 saturated heterocycles. The van der Waals surface area contributed by atoms with E-state index in [0.717, 1.165) is 24.3 Å². The third-order valence-corrected chi connectivity index (χ3v) is 2.14. The number of anilines is 1. The molecule has 0 fully saturated rings. The molecule has 2 heteroatoms. The van der Waals surface area contributed by atoms with Crippen LogP contribution >= 0.6 is 0 Å². The Bertz CT molecular complexity index is 369. The van der Waals surface area contributed by atoms with Gasteiger partial charge in [-0.05, 0) is 39.0 Å². The number of nitrogens with one attached hydrogen (secondary N) is 2. The van der Waals surface area contributed by atoms with Crippen molar-refractivity contribution >= 4 is 5.69 Å². The maximum Gasteiger partial charge on any atom is 0.0353 e. The molecule has 0 aromatic heterocycles. The Hall–Kier alpha value is -1.46. The van der Waals surface area contributed by atoms with Crippen molar-refractivity contribution < 1.29 is 0 Å². The van der Waals surface area contributed by atoms with Crippen molar-refractivity contribution in [3.8, 4) is 12.3 Å². The molecule has 0 heterocycles. The lowest BCUT2D eigenvalue weighted by atomic mass is 10.1. The predicted molar refractivity (Wildman–Crippen MR) is 70.6 cm³/mol. The molecule has 0 aliphatic heterocycles. The Morgan fingerprint density at radius 3 is 2.62 bits per heavy atom. The van der Waals surface area contributed by atoms with Gasteiger partial charge in [-0.15, -0.1) is 6.42 Å². The van der Waals surface area contributed by atoms with Crippen LogP contribution in [0.15, 0.2) is 24.3 Å². The lowest BCUT2D eigenvalue weighted by molar-refractivity contribution is 0.435. The maximum absolute atomic E-state index is 5.34. The zero-order valence-electron chi connectivity index (χ0n) is 10.3. The first-order valence-corrected chi connectivity index (χ1v) is 5.57. The van der Waals surface area contributed by atoms with Crippen LogP contribution in [0.2, 0.25) is 0 Å². The predicted octanol–water partition coefficient (Wildman–Crippen LogP) is 2.47. The Kier molecular flexibility index (Phi) is 4.39. The zero-order chi connectivity index (χ0) is 12.0. The summed E-state index contributed by atoms with van der Waals surface area (Å²) < 4.78 is 0. The van der Waals surface area contributed by atoms with E-state index in [1.165, 1.54) is 0 Å². The summed E-state index contributed by atoms with van der Waals surface area (Å²) in [7, 11) is 0. The van der Waals surface area contributed by atoms with Gasteiger partial charge in [0, 0.05) is 29.9 Å². The summed E-state index contributed by atoms with van der Waals surface area (Å²) in [6.07, 6.45) is 5.34. The van der Waals surface area contributed by atoms with E-state index in [0.29, 0.717) is 0 Å². The van der Waals surface area contributed by atoms with E-state index in [4.69, 9.17) is 6.42 Å². The molecule has 0 aliphatic rings. The van der Waals surface area contributed by atoms with Crippen LogP contribution in [-0.4, -0.2) is 18.6 Å². The van der Waals surface area contributed by atoms with E-state index in [-0.39, 0.29) is 5.54 Å². The van der Waals surface area contributed by atoms with Gasteiger partial charge in [0.1, 0.15) is 0 Å². The molecule has 0 amide bonds. The zero-order valence-corrected chi connectivity index (χ0v) is 10.3. The second-order valence-corrected chi connectivity index (χ2v) is 4.83. The minimum Gasteiger partial charge on any atom is -0.384 e. The van der Waals surface area contributed by atoms with Gasteiger partial charge >= 0.3 is 0 Å². The average Bonchev–Trinajstić information content (AvgIpc) is 2.23. The van der Waals surface area contributed by atoms with Crippen molar-refractivity contribution in [2.45, 2.75) is 26.3 Å². The summed E-state index contributed by atoms with van der Waals surface area (Å²) in [5, 5.41) is 6.75. The lowest BCUT2D eigenvalue weighted by Gasteiger charge is -2.20. The number of hydrogen-bond acceptors (Lipinski definition) is 2. The Morgan fingerprint density at radius 1 is 1.25 bits per heavy atom. The molecular formula is C14H20N2. The van der Waals surface area contributed by atoms with E-state index in [2.05, 4.69) is 37.3 Å². The Balaban J connectivity index is 2.35. The topological polar surface area (TPSA) is 24.1 Å². The van der Waals surface area contributed by atoms with E-state index in [1.54, 1.807) is 0 Å². The number of terminal acetylenes is 1. The Morgan fingerprint density at radius 2 is 2.00 bits per heavy atom. The highest BCUT2D eigenvalue weighted by molar-refractivity contribution is 5.49. The summed E-state index contributed by atoms with van der Waals surface area (Å²) in [6, 6.07) is 7.91. The molecule has 1 rings (SSSR count). The maximum atomic E-state index is 5.34. The third kappa shape index (κ3) is 4.86. The molecule has 16 heavy (non-hydrogen) atoms. The molecule has 0 atom stereocenters. The van der Waals surface area contributed by atoms with Gasteiger partial charge < -0.3 is 10.6 Å². The van der Waals surface area contributed by atoms with Crippen LogP contribution in [-0.2, 0) is 0 Å². The van der Waals surface area contributed by atoms with Crippen LogP contribution in [0.25, 0.3) is 0 Å². The van der Waals surface area contributed by atoms with E-state index in [9.17, 15) is 0 Å². The minimum atomic E-state index is 0.169. The molecule has 1 aromatic rings. The summed E-state index contributed by atoms with van der Waals surface area (Å²) in [6.45, 7) is 8.30. The molecule has 0 unspecified atom stereocenters. The van der Waals surface area contributed by atoms with Crippen molar-refractivity contribution in [3.63, 3.8) is 0 Å². The smallest absolute Gasteiger partial charge is 0.0353 e. The monoisotopic (exact) mass is 216 g/mol. The molecule has 1 aromatic carbocycles. The second-order valence-electron chi connectivity index (χ2n) is 4.83. The van der Waals surface area contributed by atoms with Crippen LogP contribution in [0, 0.1) is 12.3 Å². The molecule has 86 valence electrons. The summed E-state index contributed by atoms with van der Waals surface area (Å²) >= 11 is 0. The van der Waals surface area contributed by atoms with Crippen molar-refractivity contribution in [2.75, 3.05) is 18.4 Å². The van der Waals surface area contributed by atoms with E-state index < -0.39 is 0 Å². The van der Waals surface area contributed by atoms with Crippen molar-refractivity contribution in [1.29, 1.82) is 0 Å². The molecule has 0 saturated carbocycles. The average molecular weight is 216 g/mol. The first kappa shape index (κ1) is 12.6. The fourth-order valence-electron chi connectivity index (χ4n) is 1.36. The summed E-state index contributed by atoms with van der Waals surface area (Å²) in [5.41, 5.74) is 2.16. The summed E-state index contributed by atoms with van der Waals surface area (Å²) in [4.78, 5) is 0. The van der Waals surface area contributed by atoms with Crippen LogP contribution in [0.3, 0.4) is 0 Å². The number of benzene rings is 1. The number of hydrogen-bond donors (Lipinski definition) is 2. The second kappa shape index (κ2) is 5.58. The van der Waals surface area contributed by atoms with Gasteiger partial charge in [0.2, 0.25) is 0 Å². The molecule has 2 nitrogen and oxygen atoms in total. The first-order valence-electron chi connectivity index (χ1n) is 5.57. The van der Waals surface area contributed by atoms with Gasteiger partial charge in [0.15, 0.2) is 0 Å². The highest BCUT2D eigenvalue weighted by Gasteiger charge is 2.06.